The highest BCUT2D eigenvalue weighted by molar-refractivity contribution is 5.79. The van der Waals surface area contributed by atoms with Crippen molar-refractivity contribution in [2.45, 2.75) is 6.18 Å². The van der Waals surface area contributed by atoms with Crippen molar-refractivity contribution < 1.29 is 22.7 Å². The van der Waals surface area contributed by atoms with Crippen LogP contribution in [0.2, 0.25) is 0 Å². The summed E-state index contributed by atoms with van der Waals surface area (Å²) in [5, 5.41) is 8.55. The summed E-state index contributed by atoms with van der Waals surface area (Å²) in [6.07, 6.45) is -4.42. The predicted octanol–water partition coefficient (Wildman–Crippen LogP) is 1.71. The smallest absolute Gasteiger partial charge is 0.416 e. The topological polar surface area (TPSA) is 76.1 Å². The summed E-state index contributed by atoms with van der Waals surface area (Å²) >= 11 is 0. The fourth-order valence-corrected chi connectivity index (χ4v) is 1.10. The van der Waals surface area contributed by atoms with Crippen LogP contribution >= 0.6 is 0 Å². The van der Waals surface area contributed by atoms with E-state index in [-0.39, 0.29) is 12.4 Å². The number of rotatable bonds is 4. The van der Waals surface area contributed by atoms with E-state index in [1.54, 1.807) is 6.07 Å². The first-order valence-electron chi connectivity index (χ1n) is 4.83. The average molecular weight is 258 g/mol. The lowest BCUT2D eigenvalue weighted by atomic mass is 10.2. The van der Waals surface area contributed by atoms with E-state index >= 15 is 0 Å². The van der Waals surface area contributed by atoms with E-state index < -0.39 is 23.6 Å². The Kier molecular flexibility index (Phi) is 4.15. The number of hydrogen-bond acceptors (Lipinski definition) is 3. The summed E-state index contributed by atoms with van der Waals surface area (Å²) in [6, 6.07) is 5.54. The van der Waals surface area contributed by atoms with Gasteiger partial charge < -0.3 is 10.5 Å². The molecule has 1 atom stereocenters. The third-order valence-electron chi connectivity index (χ3n) is 2.10. The Morgan fingerprint density at radius 1 is 1.39 bits per heavy atom. The first-order valence-corrected chi connectivity index (χ1v) is 4.83. The number of primary amides is 1. The van der Waals surface area contributed by atoms with Crippen LogP contribution in [0, 0.1) is 17.2 Å². The zero-order chi connectivity index (χ0) is 13.8. The van der Waals surface area contributed by atoms with E-state index in [9.17, 15) is 18.0 Å². The molecule has 1 unspecified atom stereocenters. The molecule has 0 saturated heterocycles. The maximum Gasteiger partial charge on any atom is 0.416 e. The number of carbonyl (C=O) groups is 1. The molecule has 0 aliphatic rings. The number of alkyl halides is 3. The quantitative estimate of drug-likeness (QED) is 0.893. The molecule has 1 aromatic rings. The van der Waals surface area contributed by atoms with Crippen molar-refractivity contribution >= 4 is 5.91 Å². The van der Waals surface area contributed by atoms with Crippen LogP contribution in [0.5, 0.6) is 5.75 Å². The van der Waals surface area contributed by atoms with Crippen molar-refractivity contribution in [2.75, 3.05) is 6.61 Å². The highest BCUT2D eigenvalue weighted by Crippen LogP contribution is 2.30. The number of benzene rings is 1. The molecule has 0 radical (unpaired) electrons. The average Bonchev–Trinajstić information content (AvgIpc) is 2.29. The van der Waals surface area contributed by atoms with Crippen molar-refractivity contribution in [3.63, 3.8) is 0 Å². The van der Waals surface area contributed by atoms with Gasteiger partial charge in [0.2, 0.25) is 5.91 Å². The Morgan fingerprint density at radius 3 is 2.33 bits per heavy atom. The van der Waals surface area contributed by atoms with Crippen molar-refractivity contribution in [3.8, 4) is 11.8 Å². The third-order valence-corrected chi connectivity index (χ3v) is 2.10. The van der Waals surface area contributed by atoms with E-state index in [0.717, 1.165) is 24.3 Å². The van der Waals surface area contributed by atoms with Crippen molar-refractivity contribution in [2.24, 2.45) is 11.7 Å². The van der Waals surface area contributed by atoms with Crippen LogP contribution in [0.1, 0.15) is 5.56 Å². The molecule has 7 heteroatoms. The van der Waals surface area contributed by atoms with E-state index in [1.165, 1.54) is 0 Å². The van der Waals surface area contributed by atoms with Gasteiger partial charge in [0.25, 0.3) is 0 Å². The lowest BCUT2D eigenvalue weighted by Crippen LogP contribution is -2.27. The fraction of sp³-hybridized carbons (Fsp3) is 0.273. The number of halogens is 3. The van der Waals surface area contributed by atoms with Crippen LogP contribution in [0.3, 0.4) is 0 Å². The van der Waals surface area contributed by atoms with Gasteiger partial charge in [0.1, 0.15) is 12.4 Å². The van der Waals surface area contributed by atoms with Crippen LogP contribution in [-0.2, 0) is 11.0 Å². The highest BCUT2D eigenvalue weighted by atomic mass is 19.4. The molecule has 0 heterocycles. The van der Waals surface area contributed by atoms with Crippen molar-refractivity contribution in [1.82, 2.24) is 0 Å². The van der Waals surface area contributed by atoms with Crippen LogP contribution in [0.4, 0.5) is 13.2 Å². The van der Waals surface area contributed by atoms with Crippen molar-refractivity contribution in [1.29, 1.82) is 5.26 Å². The van der Waals surface area contributed by atoms with Gasteiger partial charge in [0.05, 0.1) is 11.6 Å². The molecule has 0 aromatic heterocycles. The van der Waals surface area contributed by atoms with Gasteiger partial charge >= 0.3 is 6.18 Å². The zero-order valence-electron chi connectivity index (χ0n) is 9.07. The molecule has 0 bridgehead atoms. The minimum absolute atomic E-state index is 0.129. The van der Waals surface area contributed by atoms with Gasteiger partial charge in [-0.3, -0.25) is 4.79 Å². The molecule has 1 aromatic carbocycles. The normalized spacial score (nSPS) is 12.6. The van der Waals surface area contributed by atoms with Crippen LogP contribution in [-0.4, -0.2) is 12.5 Å². The summed E-state index contributed by atoms with van der Waals surface area (Å²) in [6.45, 7) is -0.294. The zero-order valence-corrected chi connectivity index (χ0v) is 9.07. The number of hydrogen-bond donors (Lipinski definition) is 1. The summed E-state index contributed by atoms with van der Waals surface area (Å²) in [5.41, 5.74) is 4.10. The standard InChI is InChI=1S/C11H9F3N2O2/c12-11(13,14)8-1-3-9(4-2-8)18-6-7(5-15)10(16)17/h1-4,7H,6H2,(H2,16,17). The lowest BCUT2D eigenvalue weighted by molar-refractivity contribution is -0.137. The lowest BCUT2D eigenvalue weighted by Gasteiger charge is -2.10. The maximum absolute atomic E-state index is 12.2. The van der Waals surface area contributed by atoms with E-state index in [1.807, 2.05) is 0 Å². The van der Waals surface area contributed by atoms with E-state index in [0.29, 0.717) is 0 Å². The molecule has 4 nitrogen and oxygen atoms in total. The minimum atomic E-state index is -4.42. The van der Waals surface area contributed by atoms with Crippen LogP contribution in [0.15, 0.2) is 24.3 Å². The molecular formula is C11H9F3N2O2. The molecule has 0 fully saturated rings. The summed E-state index contributed by atoms with van der Waals surface area (Å²) in [5.74, 6) is -1.85. The molecule has 18 heavy (non-hydrogen) atoms. The number of ether oxygens (including phenoxy) is 1. The first-order chi connectivity index (χ1) is 8.34. The molecular weight excluding hydrogens is 249 g/mol. The SMILES string of the molecule is N#CC(COc1ccc(C(F)(F)F)cc1)C(N)=O. The highest BCUT2D eigenvalue weighted by Gasteiger charge is 2.30. The van der Waals surface area contributed by atoms with Crippen molar-refractivity contribution in [3.05, 3.63) is 29.8 Å². The molecule has 96 valence electrons. The number of nitriles is 1. The number of nitrogens with two attached hydrogens (primary N) is 1. The fourth-order valence-electron chi connectivity index (χ4n) is 1.10. The Balaban J connectivity index is 2.65. The molecule has 0 saturated carbocycles. The van der Waals surface area contributed by atoms with Gasteiger partial charge in [-0.2, -0.15) is 18.4 Å². The molecule has 0 spiro atoms. The second-order valence-corrected chi connectivity index (χ2v) is 3.42. The summed E-state index contributed by atoms with van der Waals surface area (Å²) in [7, 11) is 0. The van der Waals surface area contributed by atoms with Gasteiger partial charge in [-0.1, -0.05) is 0 Å². The van der Waals surface area contributed by atoms with Gasteiger partial charge in [0, 0.05) is 0 Å². The molecule has 1 amide bonds. The van der Waals surface area contributed by atoms with Gasteiger partial charge in [0.15, 0.2) is 5.92 Å². The van der Waals surface area contributed by atoms with E-state index in [2.05, 4.69) is 0 Å². The molecule has 0 aliphatic carbocycles. The largest absolute Gasteiger partial charge is 0.492 e. The van der Waals surface area contributed by atoms with Gasteiger partial charge in [-0.05, 0) is 24.3 Å². The number of carbonyl (C=O) groups excluding carboxylic acids is 1. The Morgan fingerprint density at radius 2 is 1.94 bits per heavy atom. The second-order valence-electron chi connectivity index (χ2n) is 3.42. The molecule has 2 N–H and O–H groups in total. The Bertz CT molecular complexity index is 463. The third kappa shape index (κ3) is 3.66. The van der Waals surface area contributed by atoms with Crippen LogP contribution < -0.4 is 10.5 Å². The second kappa shape index (κ2) is 5.40. The number of amides is 1. The molecule has 1 rings (SSSR count). The van der Waals surface area contributed by atoms with Gasteiger partial charge in [-0.15, -0.1) is 0 Å². The summed E-state index contributed by atoms with van der Waals surface area (Å²) in [4.78, 5) is 10.7. The summed E-state index contributed by atoms with van der Waals surface area (Å²) < 4.78 is 41.7. The maximum atomic E-state index is 12.2. The predicted molar refractivity (Wildman–Crippen MR) is 55.2 cm³/mol. The van der Waals surface area contributed by atoms with Crippen LogP contribution in [0.25, 0.3) is 0 Å². The number of nitrogens with zero attached hydrogens (tertiary/aromatic N) is 1. The molecule has 0 aliphatic heterocycles. The minimum Gasteiger partial charge on any atom is -0.492 e. The Labute approximate surface area is 101 Å². The van der Waals surface area contributed by atoms with E-state index in [4.69, 9.17) is 15.7 Å². The monoisotopic (exact) mass is 258 g/mol. The Hall–Kier alpha value is -2.23. The first kappa shape index (κ1) is 13.8. The van der Waals surface area contributed by atoms with Gasteiger partial charge in [-0.25, -0.2) is 0 Å².